The standard InChI is InChI=1S/C15H20O3/c1-3-11-6-8-13(9-7-11)15(2,14(16)17)18-10-12-4-5-12/h6-9,12H,3-5,10H2,1-2H3,(H,16,17). The molecule has 3 heteroatoms. The first-order valence-corrected chi connectivity index (χ1v) is 6.53. The van der Waals surface area contributed by atoms with Crippen LogP contribution in [-0.4, -0.2) is 17.7 Å². The van der Waals surface area contributed by atoms with Gasteiger partial charge in [0, 0.05) is 0 Å². The van der Waals surface area contributed by atoms with Gasteiger partial charge >= 0.3 is 5.97 Å². The van der Waals surface area contributed by atoms with Gasteiger partial charge in [-0.15, -0.1) is 0 Å². The molecule has 0 saturated heterocycles. The van der Waals surface area contributed by atoms with Crippen molar-refractivity contribution in [1.29, 1.82) is 0 Å². The van der Waals surface area contributed by atoms with E-state index in [1.165, 1.54) is 5.56 Å². The Bertz CT molecular complexity index is 420. The van der Waals surface area contributed by atoms with E-state index in [4.69, 9.17) is 4.74 Å². The third-order valence-electron chi connectivity index (χ3n) is 3.63. The van der Waals surface area contributed by atoms with E-state index in [2.05, 4.69) is 6.92 Å². The molecule has 1 aliphatic rings. The van der Waals surface area contributed by atoms with Gasteiger partial charge in [-0.1, -0.05) is 31.2 Å². The lowest BCUT2D eigenvalue weighted by atomic mass is 9.94. The molecule has 3 nitrogen and oxygen atoms in total. The summed E-state index contributed by atoms with van der Waals surface area (Å²) in [6, 6.07) is 7.66. The molecule has 1 fully saturated rings. The average Bonchev–Trinajstić information content (AvgIpc) is 3.20. The monoisotopic (exact) mass is 248 g/mol. The van der Waals surface area contributed by atoms with Crippen LogP contribution in [0.3, 0.4) is 0 Å². The van der Waals surface area contributed by atoms with E-state index in [9.17, 15) is 9.90 Å². The maximum atomic E-state index is 11.5. The van der Waals surface area contributed by atoms with Crippen molar-refractivity contribution in [2.45, 2.75) is 38.7 Å². The Morgan fingerprint density at radius 1 is 1.39 bits per heavy atom. The fourth-order valence-corrected chi connectivity index (χ4v) is 1.90. The van der Waals surface area contributed by atoms with E-state index in [1.54, 1.807) is 6.92 Å². The summed E-state index contributed by atoms with van der Waals surface area (Å²) in [5, 5.41) is 9.42. The number of carboxylic acid groups (broad SMARTS) is 1. The number of aryl methyl sites for hydroxylation is 1. The molecule has 1 N–H and O–H groups in total. The molecule has 0 aromatic heterocycles. The van der Waals surface area contributed by atoms with Crippen LogP contribution in [-0.2, 0) is 21.6 Å². The third-order valence-corrected chi connectivity index (χ3v) is 3.63. The molecule has 0 amide bonds. The smallest absolute Gasteiger partial charge is 0.340 e. The van der Waals surface area contributed by atoms with Crippen LogP contribution >= 0.6 is 0 Å². The Morgan fingerprint density at radius 2 is 2.00 bits per heavy atom. The molecule has 0 spiro atoms. The molecule has 0 bridgehead atoms. The van der Waals surface area contributed by atoms with Gasteiger partial charge in [-0.3, -0.25) is 0 Å². The van der Waals surface area contributed by atoms with Gasteiger partial charge < -0.3 is 9.84 Å². The minimum atomic E-state index is -1.23. The molecule has 1 unspecified atom stereocenters. The van der Waals surface area contributed by atoms with Gasteiger partial charge in [-0.25, -0.2) is 4.79 Å². The summed E-state index contributed by atoms with van der Waals surface area (Å²) in [6.45, 7) is 4.26. The second-order valence-corrected chi connectivity index (χ2v) is 5.14. The molecule has 0 aliphatic heterocycles. The van der Waals surface area contributed by atoms with Gasteiger partial charge in [0.2, 0.25) is 0 Å². The average molecular weight is 248 g/mol. The molecule has 1 aromatic rings. The third kappa shape index (κ3) is 2.72. The van der Waals surface area contributed by atoms with Gasteiger partial charge in [-0.05, 0) is 43.2 Å². The van der Waals surface area contributed by atoms with Crippen molar-refractivity contribution < 1.29 is 14.6 Å². The van der Waals surface area contributed by atoms with Crippen molar-refractivity contribution in [3.05, 3.63) is 35.4 Å². The number of benzene rings is 1. The molecular formula is C15H20O3. The number of hydrogen-bond acceptors (Lipinski definition) is 2. The molecule has 98 valence electrons. The van der Waals surface area contributed by atoms with E-state index < -0.39 is 11.6 Å². The van der Waals surface area contributed by atoms with Crippen LogP contribution in [0.1, 0.15) is 37.8 Å². The molecule has 1 aliphatic carbocycles. The van der Waals surface area contributed by atoms with Crippen molar-refractivity contribution in [3.8, 4) is 0 Å². The molecule has 1 saturated carbocycles. The minimum absolute atomic E-state index is 0.540. The van der Waals surface area contributed by atoms with Crippen LogP contribution in [0, 0.1) is 5.92 Å². The fourth-order valence-electron chi connectivity index (χ4n) is 1.90. The van der Waals surface area contributed by atoms with Crippen LogP contribution in [0.15, 0.2) is 24.3 Å². The lowest BCUT2D eigenvalue weighted by Gasteiger charge is -2.26. The first-order valence-electron chi connectivity index (χ1n) is 6.53. The highest BCUT2D eigenvalue weighted by molar-refractivity contribution is 5.79. The number of carbonyl (C=O) groups is 1. The number of ether oxygens (including phenoxy) is 1. The predicted octanol–water partition coefficient (Wildman–Crippen LogP) is 2.98. The molecule has 1 aromatic carbocycles. The summed E-state index contributed by atoms with van der Waals surface area (Å²) in [6.07, 6.45) is 3.27. The van der Waals surface area contributed by atoms with E-state index in [1.807, 2.05) is 24.3 Å². The summed E-state index contributed by atoms with van der Waals surface area (Å²) in [7, 11) is 0. The summed E-state index contributed by atoms with van der Waals surface area (Å²) in [4.78, 5) is 11.5. The lowest BCUT2D eigenvalue weighted by Crippen LogP contribution is -2.36. The highest BCUT2D eigenvalue weighted by Gasteiger charge is 2.38. The highest BCUT2D eigenvalue weighted by atomic mass is 16.5. The van der Waals surface area contributed by atoms with Crippen molar-refractivity contribution in [2.75, 3.05) is 6.61 Å². The second kappa shape index (κ2) is 5.11. The zero-order valence-corrected chi connectivity index (χ0v) is 11.0. The van der Waals surface area contributed by atoms with Crippen molar-refractivity contribution in [3.63, 3.8) is 0 Å². The van der Waals surface area contributed by atoms with E-state index >= 15 is 0 Å². The topological polar surface area (TPSA) is 46.5 Å². The molecular weight excluding hydrogens is 228 g/mol. The Hall–Kier alpha value is -1.35. The zero-order valence-electron chi connectivity index (χ0n) is 11.0. The maximum Gasteiger partial charge on any atom is 0.340 e. The summed E-state index contributed by atoms with van der Waals surface area (Å²) < 4.78 is 5.67. The summed E-state index contributed by atoms with van der Waals surface area (Å²) in [5.74, 6) is -0.369. The second-order valence-electron chi connectivity index (χ2n) is 5.14. The Morgan fingerprint density at radius 3 is 2.44 bits per heavy atom. The SMILES string of the molecule is CCc1ccc(C(C)(OCC2CC2)C(=O)O)cc1. The van der Waals surface area contributed by atoms with Crippen LogP contribution in [0.5, 0.6) is 0 Å². The molecule has 1 atom stereocenters. The number of carboxylic acids is 1. The number of aliphatic carboxylic acids is 1. The van der Waals surface area contributed by atoms with E-state index in [-0.39, 0.29) is 0 Å². The van der Waals surface area contributed by atoms with Crippen molar-refractivity contribution in [1.82, 2.24) is 0 Å². The number of hydrogen-bond donors (Lipinski definition) is 1. The highest BCUT2D eigenvalue weighted by Crippen LogP contribution is 2.33. The first kappa shape index (κ1) is 13.1. The van der Waals surface area contributed by atoms with Gasteiger partial charge in [-0.2, -0.15) is 0 Å². The van der Waals surface area contributed by atoms with Crippen LogP contribution < -0.4 is 0 Å². The van der Waals surface area contributed by atoms with Gasteiger partial charge in [0.05, 0.1) is 6.61 Å². The minimum Gasteiger partial charge on any atom is -0.479 e. The summed E-state index contributed by atoms with van der Waals surface area (Å²) in [5.41, 5.74) is 0.691. The van der Waals surface area contributed by atoms with Crippen molar-refractivity contribution in [2.24, 2.45) is 5.92 Å². The lowest BCUT2D eigenvalue weighted by molar-refractivity contribution is -0.165. The molecule has 18 heavy (non-hydrogen) atoms. The fraction of sp³-hybridized carbons (Fsp3) is 0.533. The van der Waals surface area contributed by atoms with E-state index in [0.717, 1.165) is 19.3 Å². The predicted molar refractivity (Wildman–Crippen MR) is 69.5 cm³/mol. The van der Waals surface area contributed by atoms with Crippen LogP contribution in [0.4, 0.5) is 0 Å². The molecule has 2 rings (SSSR count). The zero-order chi connectivity index (χ0) is 13.2. The Balaban J connectivity index is 2.17. The molecule has 0 heterocycles. The van der Waals surface area contributed by atoms with Crippen LogP contribution in [0.25, 0.3) is 0 Å². The largest absolute Gasteiger partial charge is 0.479 e. The van der Waals surface area contributed by atoms with E-state index in [0.29, 0.717) is 18.1 Å². The Kier molecular flexibility index (Phi) is 3.71. The molecule has 0 radical (unpaired) electrons. The van der Waals surface area contributed by atoms with Crippen LogP contribution in [0.2, 0.25) is 0 Å². The van der Waals surface area contributed by atoms with Gasteiger partial charge in [0.25, 0.3) is 0 Å². The first-order chi connectivity index (χ1) is 8.56. The van der Waals surface area contributed by atoms with Crippen molar-refractivity contribution >= 4 is 5.97 Å². The number of rotatable bonds is 6. The van der Waals surface area contributed by atoms with Gasteiger partial charge in [0.1, 0.15) is 0 Å². The normalized spacial score (nSPS) is 18.3. The summed E-state index contributed by atoms with van der Waals surface area (Å²) >= 11 is 0. The van der Waals surface area contributed by atoms with Gasteiger partial charge in [0.15, 0.2) is 5.60 Å². The Labute approximate surface area is 108 Å². The quantitative estimate of drug-likeness (QED) is 0.841. The maximum absolute atomic E-state index is 11.5.